The van der Waals surface area contributed by atoms with E-state index in [1.54, 1.807) is 16.9 Å². The lowest BCUT2D eigenvalue weighted by atomic mass is 9.93. The Balaban J connectivity index is 1.97. The van der Waals surface area contributed by atoms with Gasteiger partial charge >= 0.3 is 0 Å². The topological polar surface area (TPSA) is 161 Å². The zero-order chi connectivity index (χ0) is 20.5. The summed E-state index contributed by atoms with van der Waals surface area (Å²) >= 11 is 0. The number of ether oxygens (including phenoxy) is 3. The van der Waals surface area contributed by atoms with Crippen LogP contribution in [0.1, 0.15) is 18.7 Å². The van der Waals surface area contributed by atoms with E-state index in [2.05, 4.69) is 10.4 Å². The predicted molar refractivity (Wildman–Crippen MR) is 97.1 cm³/mol. The molecule has 2 heterocycles. The molecule has 1 aliphatic rings. The zero-order valence-electron chi connectivity index (χ0n) is 15.7. The zero-order valence-corrected chi connectivity index (χ0v) is 15.7. The van der Waals surface area contributed by atoms with Crippen LogP contribution in [-0.4, -0.2) is 82.2 Å². The number of nitrogens with zero attached hydrogens (tertiary/aromatic N) is 2. The fourth-order valence-corrected chi connectivity index (χ4v) is 2.80. The van der Waals surface area contributed by atoms with Crippen LogP contribution in [0, 0.1) is 0 Å². The Morgan fingerprint density at radius 3 is 2.71 bits per heavy atom. The van der Waals surface area contributed by atoms with E-state index in [1.165, 1.54) is 6.92 Å². The lowest BCUT2D eigenvalue weighted by Gasteiger charge is -2.39. The van der Waals surface area contributed by atoms with E-state index in [0.29, 0.717) is 51.5 Å². The second-order valence-corrected chi connectivity index (χ2v) is 6.25. The van der Waals surface area contributed by atoms with Crippen LogP contribution in [0.3, 0.4) is 0 Å². The SMILES string of the molecule is CC(=O)N[C@@H]1[C@@H](O)[C@@H](O)/C(=C\O)O[C@@H]1c1ccn(CCOCCOCCN)n1. The summed E-state index contributed by atoms with van der Waals surface area (Å²) in [6, 6.07) is 0.735. The quantitative estimate of drug-likeness (QED) is 0.234. The minimum atomic E-state index is -1.46. The molecule has 1 aromatic rings. The maximum Gasteiger partial charge on any atom is 0.217 e. The molecule has 6 N–H and O–H groups in total. The molecule has 0 aliphatic carbocycles. The molecule has 2 rings (SSSR count). The summed E-state index contributed by atoms with van der Waals surface area (Å²) in [5, 5.41) is 36.5. The van der Waals surface area contributed by atoms with Crippen LogP contribution in [-0.2, 0) is 25.5 Å². The number of carbonyl (C=O) groups excluding carboxylic acids is 1. The number of aliphatic hydroxyl groups is 3. The van der Waals surface area contributed by atoms with E-state index in [0.717, 1.165) is 0 Å². The van der Waals surface area contributed by atoms with Gasteiger partial charge in [-0.25, -0.2) is 0 Å². The minimum absolute atomic E-state index is 0.200. The minimum Gasteiger partial charge on any atom is -0.512 e. The molecule has 0 radical (unpaired) electrons. The van der Waals surface area contributed by atoms with Crippen molar-refractivity contribution in [2.75, 3.05) is 33.0 Å². The van der Waals surface area contributed by atoms with Gasteiger partial charge in [-0.3, -0.25) is 9.48 Å². The van der Waals surface area contributed by atoms with Gasteiger partial charge in [0.25, 0.3) is 0 Å². The Kier molecular flexibility index (Phi) is 8.67. The van der Waals surface area contributed by atoms with Crippen LogP contribution in [0.5, 0.6) is 0 Å². The lowest BCUT2D eigenvalue weighted by Crippen LogP contribution is -2.56. The summed E-state index contributed by atoms with van der Waals surface area (Å²) in [5.74, 6) is -0.597. The van der Waals surface area contributed by atoms with E-state index < -0.39 is 30.3 Å². The van der Waals surface area contributed by atoms with Gasteiger partial charge in [-0.2, -0.15) is 5.10 Å². The number of hydrogen-bond acceptors (Lipinski definition) is 9. The van der Waals surface area contributed by atoms with Crippen LogP contribution < -0.4 is 11.1 Å². The number of nitrogens with one attached hydrogen (secondary N) is 1. The second kappa shape index (κ2) is 11.0. The standard InChI is InChI=1S/C17H28N4O7/c1-11(23)19-14-16(25)15(24)13(10-22)28-17(14)12-2-4-21(20-12)5-7-27-9-8-26-6-3-18/h2,4,10,14-17,22,24-25H,3,5-9,18H2,1H3,(H,19,23)/b13-10+/t14-,15+,16-,17-/m1/s1. The molecule has 1 fully saturated rings. The molecule has 0 unspecified atom stereocenters. The lowest BCUT2D eigenvalue weighted by molar-refractivity contribution is -0.131. The van der Waals surface area contributed by atoms with Crippen LogP contribution in [0.25, 0.3) is 0 Å². The Morgan fingerprint density at radius 2 is 2.07 bits per heavy atom. The first-order chi connectivity index (χ1) is 13.5. The fourth-order valence-electron chi connectivity index (χ4n) is 2.80. The molecular formula is C17H28N4O7. The highest BCUT2D eigenvalue weighted by molar-refractivity contribution is 5.73. The van der Waals surface area contributed by atoms with Gasteiger partial charge in [0.15, 0.2) is 11.9 Å². The van der Waals surface area contributed by atoms with Crippen molar-refractivity contribution in [3.05, 3.63) is 30.0 Å². The number of aliphatic hydroxyl groups excluding tert-OH is 3. The van der Waals surface area contributed by atoms with Crippen molar-refractivity contribution in [3.63, 3.8) is 0 Å². The van der Waals surface area contributed by atoms with E-state index >= 15 is 0 Å². The monoisotopic (exact) mass is 400 g/mol. The third kappa shape index (κ3) is 5.91. The van der Waals surface area contributed by atoms with Crippen molar-refractivity contribution >= 4 is 5.91 Å². The number of hydrogen-bond donors (Lipinski definition) is 5. The molecule has 11 heteroatoms. The molecule has 1 aromatic heterocycles. The molecule has 158 valence electrons. The third-order valence-corrected chi connectivity index (χ3v) is 4.12. The number of nitrogens with two attached hydrogens (primary N) is 1. The average molecular weight is 400 g/mol. The van der Waals surface area contributed by atoms with Gasteiger partial charge in [0.2, 0.25) is 5.91 Å². The number of amides is 1. The second-order valence-electron chi connectivity index (χ2n) is 6.25. The highest BCUT2D eigenvalue weighted by atomic mass is 16.5. The normalized spacial score (nSPS) is 26.2. The van der Waals surface area contributed by atoms with Gasteiger partial charge in [0.1, 0.15) is 30.2 Å². The van der Waals surface area contributed by atoms with Gasteiger partial charge in [0, 0.05) is 19.7 Å². The van der Waals surface area contributed by atoms with Crippen molar-refractivity contribution in [3.8, 4) is 0 Å². The predicted octanol–water partition coefficient (Wildman–Crippen LogP) is -1.43. The molecule has 0 bridgehead atoms. The van der Waals surface area contributed by atoms with Gasteiger partial charge in [-0.15, -0.1) is 0 Å². The van der Waals surface area contributed by atoms with Crippen molar-refractivity contribution in [2.45, 2.75) is 37.8 Å². The van der Waals surface area contributed by atoms with Crippen molar-refractivity contribution in [1.29, 1.82) is 0 Å². The highest BCUT2D eigenvalue weighted by Crippen LogP contribution is 2.33. The highest BCUT2D eigenvalue weighted by Gasteiger charge is 2.44. The molecule has 1 saturated heterocycles. The number of carbonyl (C=O) groups is 1. The first kappa shape index (κ1) is 22.1. The molecule has 28 heavy (non-hydrogen) atoms. The number of rotatable bonds is 10. The molecule has 4 atom stereocenters. The largest absolute Gasteiger partial charge is 0.512 e. The first-order valence-electron chi connectivity index (χ1n) is 9.01. The fraction of sp³-hybridized carbons (Fsp3) is 0.647. The average Bonchev–Trinajstić information content (AvgIpc) is 3.13. The smallest absolute Gasteiger partial charge is 0.217 e. The van der Waals surface area contributed by atoms with Crippen LogP contribution in [0.4, 0.5) is 0 Å². The van der Waals surface area contributed by atoms with Gasteiger partial charge in [0.05, 0.1) is 33.0 Å². The number of aromatic nitrogens is 2. The summed E-state index contributed by atoms with van der Waals surface area (Å²) in [7, 11) is 0. The summed E-state index contributed by atoms with van der Waals surface area (Å²) < 4.78 is 17.8. The maximum atomic E-state index is 11.5. The summed E-state index contributed by atoms with van der Waals surface area (Å²) in [5.41, 5.74) is 5.75. The summed E-state index contributed by atoms with van der Waals surface area (Å²) in [6.45, 7) is 4.05. The Morgan fingerprint density at radius 1 is 1.36 bits per heavy atom. The van der Waals surface area contributed by atoms with E-state index in [1.807, 2.05) is 0 Å². The Bertz CT molecular complexity index is 651. The van der Waals surface area contributed by atoms with Crippen molar-refractivity contribution in [1.82, 2.24) is 15.1 Å². The molecule has 0 spiro atoms. The van der Waals surface area contributed by atoms with Gasteiger partial charge < -0.3 is 40.6 Å². The third-order valence-electron chi connectivity index (χ3n) is 4.12. The van der Waals surface area contributed by atoms with Crippen molar-refractivity contribution in [2.24, 2.45) is 5.73 Å². The van der Waals surface area contributed by atoms with Crippen LogP contribution >= 0.6 is 0 Å². The molecule has 0 saturated carbocycles. The molecule has 1 amide bonds. The first-order valence-corrected chi connectivity index (χ1v) is 9.01. The summed E-state index contributed by atoms with van der Waals surface area (Å²) in [6.07, 6.45) is -1.43. The van der Waals surface area contributed by atoms with Gasteiger partial charge in [-0.05, 0) is 6.07 Å². The van der Waals surface area contributed by atoms with Crippen molar-refractivity contribution < 1.29 is 34.3 Å². The van der Waals surface area contributed by atoms with Crippen LogP contribution in [0.2, 0.25) is 0 Å². The Hall–Kier alpha value is -2.18. The molecule has 0 aromatic carbocycles. The van der Waals surface area contributed by atoms with E-state index in [9.17, 15) is 20.1 Å². The van der Waals surface area contributed by atoms with E-state index in [-0.39, 0.29) is 5.76 Å². The van der Waals surface area contributed by atoms with E-state index in [4.69, 9.17) is 19.9 Å². The van der Waals surface area contributed by atoms with Gasteiger partial charge in [-0.1, -0.05) is 0 Å². The molecule has 1 aliphatic heterocycles. The maximum absolute atomic E-state index is 11.5. The summed E-state index contributed by atoms with van der Waals surface area (Å²) in [4.78, 5) is 11.5. The van der Waals surface area contributed by atoms with Crippen LogP contribution in [0.15, 0.2) is 24.3 Å². The molecule has 11 nitrogen and oxygen atoms in total. The molecular weight excluding hydrogens is 372 g/mol. The Labute approximate surface area is 162 Å².